The van der Waals surface area contributed by atoms with Gasteiger partial charge in [-0.1, -0.05) is 38.5 Å². The number of carbonyl (C=O) groups is 1. The van der Waals surface area contributed by atoms with E-state index in [0.29, 0.717) is 6.42 Å². The molecule has 0 rings (SSSR count). The van der Waals surface area contributed by atoms with Gasteiger partial charge in [0.15, 0.2) is 0 Å². The summed E-state index contributed by atoms with van der Waals surface area (Å²) in [6, 6.07) is 0. The molecule has 0 radical (unpaired) electrons. The third kappa shape index (κ3) is 13.4. The van der Waals surface area contributed by atoms with Crippen LogP contribution in [0, 0.1) is 0 Å². The number of hydrogen-bond acceptors (Lipinski definition) is 1. The zero-order valence-corrected chi connectivity index (χ0v) is 9.84. The second-order valence-corrected chi connectivity index (χ2v) is 4.18. The average Bonchev–Trinajstić information content (AvgIpc) is 2.20. The summed E-state index contributed by atoms with van der Waals surface area (Å²) >= 11 is 0. The van der Waals surface area contributed by atoms with Crippen molar-refractivity contribution in [2.45, 2.75) is 64.2 Å². The highest BCUT2D eigenvalue weighted by Gasteiger charge is 1.96. The van der Waals surface area contributed by atoms with Crippen LogP contribution in [0.3, 0.4) is 0 Å². The summed E-state index contributed by atoms with van der Waals surface area (Å²) in [5.74, 6) is -0.664. The van der Waals surface area contributed by atoms with Gasteiger partial charge >= 0.3 is 5.97 Å². The van der Waals surface area contributed by atoms with Gasteiger partial charge in [0, 0.05) is 6.42 Å². The summed E-state index contributed by atoms with van der Waals surface area (Å²) in [5.41, 5.74) is 3.82. The molecule has 0 aromatic rings. The average molecular weight is 216 g/mol. The topological polar surface area (TPSA) is 64.9 Å². The van der Waals surface area contributed by atoms with Crippen molar-refractivity contribution in [1.82, 2.24) is 0 Å². The van der Waals surface area contributed by atoms with Crippen molar-refractivity contribution in [1.29, 1.82) is 0 Å². The number of carboxylic acids is 1. The maximum atomic E-state index is 10.2. The molecule has 0 fully saturated rings. The van der Waals surface area contributed by atoms with Crippen LogP contribution >= 0.6 is 0 Å². The van der Waals surface area contributed by atoms with E-state index in [2.05, 4.69) is 5.73 Å². The van der Waals surface area contributed by atoms with Gasteiger partial charge in [-0.25, -0.2) is 0 Å². The number of unbranched alkanes of at least 4 members (excludes halogenated alkanes) is 8. The number of hydrogen-bond donors (Lipinski definition) is 2. The van der Waals surface area contributed by atoms with Crippen LogP contribution < -0.4 is 5.73 Å². The van der Waals surface area contributed by atoms with Gasteiger partial charge in [0.25, 0.3) is 0 Å². The maximum Gasteiger partial charge on any atom is 0.303 e. The molecular weight excluding hydrogens is 190 g/mol. The lowest BCUT2D eigenvalue weighted by atomic mass is 10.1. The molecule has 0 aliphatic rings. The van der Waals surface area contributed by atoms with Gasteiger partial charge < -0.3 is 10.8 Å². The largest absolute Gasteiger partial charge is 0.481 e. The molecule has 3 heteroatoms. The molecule has 0 heterocycles. The molecule has 0 saturated carbocycles. The van der Waals surface area contributed by atoms with E-state index in [0.717, 1.165) is 19.4 Å². The van der Waals surface area contributed by atoms with Crippen molar-refractivity contribution < 1.29 is 15.6 Å². The Morgan fingerprint density at radius 1 is 0.800 bits per heavy atom. The Hall–Kier alpha value is -0.570. The summed E-state index contributed by atoms with van der Waals surface area (Å²) < 4.78 is 0. The SMILES string of the molecule is [NH3+]CCCCCCCCCCCC(=O)O. The Morgan fingerprint density at radius 3 is 1.60 bits per heavy atom. The smallest absolute Gasteiger partial charge is 0.303 e. The van der Waals surface area contributed by atoms with Crippen LogP contribution in [0.25, 0.3) is 0 Å². The monoisotopic (exact) mass is 216 g/mol. The molecule has 0 atom stereocenters. The van der Waals surface area contributed by atoms with Crippen LogP contribution in [0.15, 0.2) is 0 Å². The molecule has 0 spiro atoms. The Kier molecular flexibility index (Phi) is 11.1. The van der Waals surface area contributed by atoms with Crippen molar-refractivity contribution in [2.24, 2.45) is 0 Å². The molecule has 15 heavy (non-hydrogen) atoms. The number of quaternary nitrogens is 1. The van der Waals surface area contributed by atoms with Crippen LogP contribution in [0.5, 0.6) is 0 Å². The lowest BCUT2D eigenvalue weighted by molar-refractivity contribution is -0.368. The lowest BCUT2D eigenvalue weighted by Crippen LogP contribution is -2.50. The highest BCUT2D eigenvalue weighted by Crippen LogP contribution is 2.10. The summed E-state index contributed by atoms with van der Waals surface area (Å²) in [5, 5.41) is 8.43. The van der Waals surface area contributed by atoms with E-state index in [9.17, 15) is 4.79 Å². The second kappa shape index (κ2) is 11.5. The van der Waals surface area contributed by atoms with Gasteiger partial charge in [-0.2, -0.15) is 0 Å². The Morgan fingerprint density at radius 2 is 1.20 bits per heavy atom. The first-order valence-electron chi connectivity index (χ1n) is 6.28. The van der Waals surface area contributed by atoms with Gasteiger partial charge in [-0.05, 0) is 19.3 Å². The Labute approximate surface area is 93.0 Å². The molecule has 0 amide bonds. The van der Waals surface area contributed by atoms with Gasteiger partial charge in [0.05, 0.1) is 6.54 Å². The van der Waals surface area contributed by atoms with Gasteiger partial charge in [-0.3, -0.25) is 4.79 Å². The quantitative estimate of drug-likeness (QED) is 0.520. The van der Waals surface area contributed by atoms with Crippen molar-refractivity contribution in [3.63, 3.8) is 0 Å². The number of aliphatic carboxylic acids is 1. The second-order valence-electron chi connectivity index (χ2n) is 4.18. The zero-order valence-electron chi connectivity index (χ0n) is 9.84. The Bertz CT molecular complexity index is 149. The van der Waals surface area contributed by atoms with Crippen molar-refractivity contribution in [2.75, 3.05) is 6.54 Å². The highest BCUT2D eigenvalue weighted by atomic mass is 16.4. The molecule has 0 aromatic carbocycles. The highest BCUT2D eigenvalue weighted by molar-refractivity contribution is 5.66. The summed E-state index contributed by atoms with van der Waals surface area (Å²) in [7, 11) is 0. The van der Waals surface area contributed by atoms with Crippen LogP contribution in [0.1, 0.15) is 64.2 Å². The predicted molar refractivity (Wildman–Crippen MR) is 61.6 cm³/mol. The van der Waals surface area contributed by atoms with E-state index in [-0.39, 0.29) is 0 Å². The van der Waals surface area contributed by atoms with E-state index < -0.39 is 5.97 Å². The molecule has 0 bridgehead atoms. The molecule has 90 valence electrons. The maximum absolute atomic E-state index is 10.2. The first-order valence-corrected chi connectivity index (χ1v) is 6.28. The van der Waals surface area contributed by atoms with E-state index in [1.54, 1.807) is 0 Å². The third-order valence-electron chi connectivity index (χ3n) is 2.64. The molecule has 0 aliphatic heterocycles. The van der Waals surface area contributed by atoms with Gasteiger partial charge in [0.1, 0.15) is 0 Å². The predicted octanol–water partition coefficient (Wildman–Crippen LogP) is 2.21. The molecule has 0 aromatic heterocycles. The first-order chi connectivity index (χ1) is 7.27. The summed E-state index contributed by atoms with van der Waals surface area (Å²) in [4.78, 5) is 10.2. The van der Waals surface area contributed by atoms with Gasteiger partial charge in [0.2, 0.25) is 0 Å². The fourth-order valence-electron chi connectivity index (χ4n) is 1.69. The normalized spacial score (nSPS) is 10.5. The fourth-order valence-corrected chi connectivity index (χ4v) is 1.69. The number of carboxylic acid groups (broad SMARTS) is 1. The summed E-state index contributed by atoms with van der Waals surface area (Å²) in [6.07, 6.45) is 11.3. The number of rotatable bonds is 11. The Balaban J connectivity index is 2.89. The van der Waals surface area contributed by atoms with Crippen molar-refractivity contribution in [3.8, 4) is 0 Å². The van der Waals surface area contributed by atoms with E-state index in [1.807, 2.05) is 0 Å². The standard InChI is InChI=1S/C12H25NO2/c13-11-9-7-5-3-1-2-4-6-8-10-12(14)15/h1-11,13H2,(H,14,15)/p+1. The third-order valence-corrected chi connectivity index (χ3v) is 2.64. The fraction of sp³-hybridized carbons (Fsp3) is 0.917. The van der Waals surface area contributed by atoms with Gasteiger partial charge in [-0.15, -0.1) is 0 Å². The minimum atomic E-state index is -0.664. The van der Waals surface area contributed by atoms with E-state index >= 15 is 0 Å². The summed E-state index contributed by atoms with van der Waals surface area (Å²) in [6.45, 7) is 1.06. The molecule has 0 saturated heterocycles. The lowest BCUT2D eigenvalue weighted by Gasteiger charge is -2.00. The van der Waals surface area contributed by atoms with Crippen LogP contribution in [0.4, 0.5) is 0 Å². The van der Waals surface area contributed by atoms with Crippen LogP contribution in [0.2, 0.25) is 0 Å². The van der Waals surface area contributed by atoms with Crippen LogP contribution in [-0.2, 0) is 4.79 Å². The molecular formula is C12H26NO2+. The molecule has 0 aliphatic carbocycles. The van der Waals surface area contributed by atoms with Crippen molar-refractivity contribution >= 4 is 5.97 Å². The molecule has 0 unspecified atom stereocenters. The van der Waals surface area contributed by atoms with E-state index in [1.165, 1.54) is 44.9 Å². The first kappa shape index (κ1) is 14.4. The van der Waals surface area contributed by atoms with E-state index in [4.69, 9.17) is 5.11 Å². The van der Waals surface area contributed by atoms with Crippen LogP contribution in [-0.4, -0.2) is 17.6 Å². The van der Waals surface area contributed by atoms with Crippen molar-refractivity contribution in [3.05, 3.63) is 0 Å². The minimum Gasteiger partial charge on any atom is -0.481 e. The minimum absolute atomic E-state index is 0.337. The molecule has 4 N–H and O–H groups in total. The molecule has 3 nitrogen and oxygen atoms in total. The zero-order chi connectivity index (χ0) is 11.4.